The number of alkyl halides is 1. The number of nitrogens with one attached hydrogen (secondary N) is 9. The van der Waals surface area contributed by atoms with Crippen LogP contribution < -0.4 is 48.2 Å². The molecular formula is C99H132FN15O19. The van der Waals surface area contributed by atoms with Crippen molar-refractivity contribution in [1.29, 1.82) is 0 Å². The zero-order chi connectivity index (χ0) is 96.3. The molecule has 12 atom stereocenters. The van der Waals surface area contributed by atoms with Gasteiger partial charge in [-0.25, -0.2) is 20.7 Å². The van der Waals surface area contributed by atoms with E-state index in [2.05, 4.69) is 55.1 Å². The third kappa shape index (κ3) is 23.5. The number of esters is 3. The molecule has 5 saturated heterocycles. The van der Waals surface area contributed by atoms with E-state index in [0.29, 0.717) is 99.4 Å². The summed E-state index contributed by atoms with van der Waals surface area (Å²) >= 11 is 0. The Bertz CT molecular complexity index is 5460. The first-order valence-electron chi connectivity index (χ1n) is 46.9. The van der Waals surface area contributed by atoms with E-state index in [9.17, 15) is 61.9 Å². The van der Waals surface area contributed by atoms with E-state index in [0.717, 1.165) is 56.9 Å². The first-order chi connectivity index (χ1) is 63.9. The second-order valence-corrected chi connectivity index (χ2v) is 38.0. The highest BCUT2D eigenvalue weighted by atomic mass is 19.1. The van der Waals surface area contributed by atoms with Gasteiger partial charge in [-0.15, -0.1) is 0 Å². The molecule has 3 aromatic heterocycles. The van der Waals surface area contributed by atoms with Crippen molar-refractivity contribution in [2.24, 2.45) is 39.9 Å². The van der Waals surface area contributed by atoms with Crippen LogP contribution in [0.25, 0.3) is 50.9 Å². The standard InChI is InChI=1S/C34H44FN5O7.C34H45N5O5.C31H39N5O7.2H2/c1-6-34(17-35)45-18-33(19-46-34)14-13-23-9-10-24-11-12-25(38-27(24)16-23)21(4)36-29(41)26-8-7-15-40(39-26)31(43)22(5)37-30(42)28(20(2)3)47-32(33)44;1-20(2)29-31(41)36-23(5)32(42)39-18-6-7-27(38-39)30(40)35-22(4)26-11-10-25-9-8-24(19-28(25)37-26)14-17-34(33(43)44-29)15-12-21(3)13-16-34;1-18(2)26-28(38)33-20(4)29(39)36-13-5-6-24(35-36)27(37)32-19(3)23-10-9-22-8-7-21(14-25(22)34-23)11-12-31(30(40)43-26)15-41-17-42-16-31;;/h9-14,16,20-22,26,28,39H,6-8,15,17-19H2,1-5H3,(H,36,41)(H,37,42);8-11,14,17,19-23,27,29,38H,6-7,12-13,15-16,18H2,1-5H3,(H,35,40)(H,36,41);7-12,14,18-20,24,26,35H,5-6,13,15-17H2,1-4H3,(H,32,37)(H,33,38);2*1H/b14-13+;17-14+;12-11+;;/t21?,22-,26-,28-,33?,34?;21?,22-,23+,27+,29-,34?;19-,20+,24+,26+;;/m011../s1. The van der Waals surface area contributed by atoms with Crippen molar-refractivity contribution in [1.82, 2.24) is 78.2 Å². The number of halogens is 1. The number of carbonyl (C=O) groups is 12. The lowest BCUT2D eigenvalue weighted by atomic mass is 9.70. The van der Waals surface area contributed by atoms with Gasteiger partial charge in [0.05, 0.1) is 83.6 Å². The molecule has 34 nitrogen and oxygen atoms in total. The summed E-state index contributed by atoms with van der Waals surface area (Å²) in [6, 6.07) is 22.9. The summed E-state index contributed by atoms with van der Waals surface area (Å²) < 4.78 is 54.4. The van der Waals surface area contributed by atoms with Crippen molar-refractivity contribution < 1.29 is 97.9 Å². The van der Waals surface area contributed by atoms with Gasteiger partial charge in [-0.1, -0.05) is 146 Å². The minimum absolute atomic E-state index is 0. The summed E-state index contributed by atoms with van der Waals surface area (Å²) in [5.41, 5.74) is 12.0. The molecule has 6 fully saturated rings. The molecule has 724 valence electrons. The van der Waals surface area contributed by atoms with Crippen LogP contribution in [0.1, 0.15) is 222 Å². The fourth-order valence-corrected chi connectivity index (χ4v) is 17.6. The van der Waals surface area contributed by atoms with Crippen LogP contribution in [0.15, 0.2) is 109 Å². The highest BCUT2D eigenvalue weighted by molar-refractivity contribution is 5.96. The zero-order valence-corrected chi connectivity index (χ0v) is 78.8. The lowest BCUT2D eigenvalue weighted by molar-refractivity contribution is -0.301. The SMILES string of the molecule is CC(C)[C@@H]1OC(=O)C2(/C=C/c3ccc4ccc(nc4c3)[C@@H](C)NC(=O)[C@@H]3CCCN(N3)C(=O)[C@H](C)NC1=O)COCOC2.CC1CCC2(/C=C/c3ccc4ccc(nc4c3)[C@@H](C)NC(=O)[C@@H]3CCCN(N3)C(=O)[C@H](C)NC(=O)[C@@H](C(C)C)OC2=O)CC1.CCC1(CF)OCC2(/C=C/c3ccc4ccc(nc4c3)C(C)NC(=O)[C@@H]3CCCN(N3)C(=O)[C@H](C)NC(=O)[C@H](C(C)C)OC2=O)CO1.[HH].[HH]. The predicted molar refractivity (Wildman–Crippen MR) is 499 cm³/mol. The Kier molecular flexibility index (Phi) is 32.3. The second-order valence-electron chi connectivity index (χ2n) is 38.0. The number of rotatable bonds is 5. The highest BCUT2D eigenvalue weighted by Gasteiger charge is 2.51. The lowest BCUT2D eigenvalue weighted by Crippen LogP contribution is -2.61. The van der Waals surface area contributed by atoms with E-state index in [-0.39, 0.29) is 90.0 Å². The van der Waals surface area contributed by atoms with Crippen LogP contribution in [-0.4, -0.2) is 221 Å². The van der Waals surface area contributed by atoms with E-state index in [1.54, 1.807) is 72.8 Å². The number of nitrogens with zero attached hydrogens (tertiary/aromatic N) is 6. The molecule has 1 unspecified atom stereocenters. The number of ether oxygens (including phenoxy) is 7. The molecule has 11 heterocycles. The third-order valence-electron chi connectivity index (χ3n) is 26.4. The number of hydrogen-bond acceptors (Lipinski definition) is 25. The number of aromatic nitrogens is 3. The summed E-state index contributed by atoms with van der Waals surface area (Å²) in [5.74, 6) is -7.73. The monoisotopic (exact) mass is 1850 g/mol. The van der Waals surface area contributed by atoms with Crippen LogP contribution in [-0.2, 0) is 90.7 Å². The van der Waals surface area contributed by atoms with Crippen molar-refractivity contribution in [3.05, 3.63) is 143 Å². The number of hydrogen-bond donors (Lipinski definition) is 9. The topological polar surface area (TPSA) is 426 Å². The number of carbonyl (C=O) groups excluding carboxylic acids is 12. The molecule has 0 radical (unpaired) electrons. The quantitative estimate of drug-likeness (QED) is 0.0572. The van der Waals surface area contributed by atoms with E-state index >= 15 is 0 Å². The Morgan fingerprint density at radius 2 is 0.694 bits per heavy atom. The van der Waals surface area contributed by atoms with Crippen molar-refractivity contribution >= 4 is 122 Å². The molecule has 15 bridgehead atoms. The van der Waals surface area contributed by atoms with Gasteiger partial charge >= 0.3 is 17.9 Å². The smallest absolute Gasteiger partial charge is 0.321 e. The van der Waals surface area contributed by atoms with Gasteiger partial charge in [-0.05, 0) is 183 Å². The molecule has 8 aliphatic heterocycles. The highest BCUT2D eigenvalue weighted by Crippen LogP contribution is 2.44. The largest absolute Gasteiger partial charge is 0.451 e. The van der Waals surface area contributed by atoms with E-state index < -0.39 is 143 Å². The Morgan fingerprint density at radius 3 is 1.01 bits per heavy atom. The summed E-state index contributed by atoms with van der Waals surface area (Å²) in [5, 5.41) is 24.1. The van der Waals surface area contributed by atoms with Gasteiger partial charge in [-0.2, -0.15) is 0 Å². The van der Waals surface area contributed by atoms with Crippen LogP contribution >= 0.6 is 0 Å². The van der Waals surface area contributed by atoms with Gasteiger partial charge < -0.3 is 65.1 Å². The molecule has 9 N–H and O–H groups in total. The molecule has 35 heteroatoms. The molecule has 6 aromatic rings. The third-order valence-corrected chi connectivity index (χ3v) is 26.4. The molecular weight excluding hydrogens is 1720 g/mol. The first kappa shape index (κ1) is 99.9. The Morgan fingerprint density at radius 1 is 0.396 bits per heavy atom. The van der Waals surface area contributed by atoms with Crippen molar-refractivity contribution in [2.45, 2.75) is 246 Å². The molecule has 1 saturated carbocycles. The van der Waals surface area contributed by atoms with Gasteiger partial charge in [0, 0.05) is 45.1 Å². The van der Waals surface area contributed by atoms with Crippen molar-refractivity contribution in [3.63, 3.8) is 0 Å². The number of benzene rings is 3. The lowest BCUT2D eigenvalue weighted by Gasteiger charge is -2.42. The normalized spacial score (nSPS) is 30.5. The fourth-order valence-electron chi connectivity index (χ4n) is 17.6. The maximum absolute atomic E-state index is 14.0. The minimum Gasteiger partial charge on any atom is -0.451 e. The first-order valence-corrected chi connectivity index (χ1v) is 46.9. The second kappa shape index (κ2) is 43.4. The molecule has 15 rings (SSSR count). The van der Waals surface area contributed by atoms with Gasteiger partial charge in [-0.3, -0.25) is 87.5 Å². The Labute approximate surface area is 782 Å². The zero-order valence-electron chi connectivity index (χ0n) is 78.8. The Hall–Kier alpha value is -11.6. The summed E-state index contributed by atoms with van der Waals surface area (Å²) in [4.78, 5) is 176. The fraction of sp³-hybridized carbons (Fsp3) is 0.545. The van der Waals surface area contributed by atoms with Gasteiger partial charge in [0.2, 0.25) is 17.7 Å². The molecule has 134 heavy (non-hydrogen) atoms. The molecule has 9 amide bonds. The number of pyridine rings is 3. The minimum atomic E-state index is -1.50. The molecule has 1 aliphatic carbocycles. The van der Waals surface area contributed by atoms with Crippen LogP contribution in [0.4, 0.5) is 4.39 Å². The van der Waals surface area contributed by atoms with Crippen LogP contribution in [0.2, 0.25) is 0 Å². The average molecular weight is 1860 g/mol. The Balaban J connectivity index is 0.000000195. The van der Waals surface area contributed by atoms with Crippen molar-refractivity contribution in [3.8, 4) is 0 Å². The average Bonchev–Trinajstić information content (AvgIpc) is 0.889. The number of fused-ring (bicyclic) bond motifs is 12. The van der Waals surface area contributed by atoms with Gasteiger partial charge in [0.1, 0.15) is 60.5 Å². The maximum atomic E-state index is 14.0. The van der Waals surface area contributed by atoms with Crippen molar-refractivity contribution in [2.75, 3.05) is 59.5 Å². The summed E-state index contributed by atoms with van der Waals surface area (Å²) in [6.45, 7) is 24.6. The van der Waals surface area contributed by atoms with E-state index in [1.165, 1.54) is 22.0 Å². The van der Waals surface area contributed by atoms with Gasteiger partial charge in [0.25, 0.3) is 35.4 Å². The molecule has 9 aliphatic rings. The van der Waals surface area contributed by atoms with E-state index in [1.807, 2.05) is 138 Å². The number of amides is 9. The summed E-state index contributed by atoms with van der Waals surface area (Å²) in [7, 11) is 0. The molecule has 3 spiro atoms. The number of hydrazine groups is 3. The maximum Gasteiger partial charge on any atom is 0.321 e. The van der Waals surface area contributed by atoms with E-state index in [4.69, 9.17) is 48.1 Å². The summed E-state index contributed by atoms with van der Waals surface area (Å²) in [6.07, 6.45) is 13.9. The number of cyclic esters (lactones) is 3. The molecule has 3 aromatic carbocycles. The van der Waals surface area contributed by atoms with Crippen LogP contribution in [0.5, 0.6) is 0 Å². The van der Waals surface area contributed by atoms with Gasteiger partial charge in [0.15, 0.2) is 24.1 Å². The van der Waals surface area contributed by atoms with Crippen LogP contribution in [0, 0.1) is 39.9 Å². The van der Waals surface area contributed by atoms with Crippen LogP contribution in [0.3, 0.4) is 0 Å². The predicted octanol–water partition coefficient (Wildman–Crippen LogP) is 9.81.